The summed E-state index contributed by atoms with van der Waals surface area (Å²) in [6, 6.07) is 8.82. The van der Waals surface area contributed by atoms with E-state index in [2.05, 4.69) is 0 Å². The predicted molar refractivity (Wildman–Crippen MR) is 76.2 cm³/mol. The van der Waals surface area contributed by atoms with Crippen LogP contribution in [0.4, 0.5) is 0 Å². The quantitative estimate of drug-likeness (QED) is 0.790. The van der Waals surface area contributed by atoms with Gasteiger partial charge in [0.25, 0.3) is 0 Å². The van der Waals surface area contributed by atoms with Crippen LogP contribution in [0.2, 0.25) is 0 Å². The van der Waals surface area contributed by atoms with Gasteiger partial charge in [-0.05, 0) is 26.0 Å². The summed E-state index contributed by atoms with van der Waals surface area (Å²) < 4.78 is 28.0. The zero-order valence-corrected chi connectivity index (χ0v) is 12.9. The van der Waals surface area contributed by atoms with Gasteiger partial charge in [-0.1, -0.05) is 18.2 Å². The molecule has 2 aliphatic rings. The van der Waals surface area contributed by atoms with E-state index in [9.17, 15) is 4.79 Å². The molecule has 0 amide bonds. The Morgan fingerprint density at radius 2 is 1.95 bits per heavy atom. The van der Waals surface area contributed by atoms with Crippen LogP contribution in [-0.2, 0) is 23.7 Å². The van der Waals surface area contributed by atoms with Crippen molar-refractivity contribution in [3.8, 4) is 0 Å². The maximum absolute atomic E-state index is 12.0. The van der Waals surface area contributed by atoms with Gasteiger partial charge in [0, 0.05) is 7.11 Å². The van der Waals surface area contributed by atoms with Crippen molar-refractivity contribution >= 4 is 5.97 Å². The van der Waals surface area contributed by atoms with E-state index in [-0.39, 0.29) is 18.8 Å². The maximum atomic E-state index is 12.0. The summed E-state index contributed by atoms with van der Waals surface area (Å²) in [4.78, 5) is 12.0. The minimum absolute atomic E-state index is 0.0897. The summed E-state index contributed by atoms with van der Waals surface area (Å²) >= 11 is 0. The third-order valence-corrected chi connectivity index (χ3v) is 3.75. The largest absolute Gasteiger partial charge is 0.459 e. The Morgan fingerprint density at radius 3 is 2.64 bits per heavy atom. The van der Waals surface area contributed by atoms with Crippen LogP contribution < -0.4 is 0 Å². The molecule has 0 saturated carbocycles. The van der Waals surface area contributed by atoms with E-state index >= 15 is 0 Å². The number of carbonyl (C=O) groups is 1. The topological polar surface area (TPSA) is 63.2 Å². The highest BCUT2D eigenvalue weighted by atomic mass is 16.8. The molecule has 1 aromatic rings. The standard InChI is InChI=1S/C16H20O6/c1-16(2)21-13-12(18-3)11(20-15(13)22-16)9-19-14(17)10-7-5-4-6-8-10/h4-8,11-13,15H,9H2,1-3H3/t11-,12-,13-,15+/m0/s1. The van der Waals surface area contributed by atoms with Crippen molar-refractivity contribution in [2.45, 2.75) is 44.2 Å². The lowest BCUT2D eigenvalue weighted by atomic mass is 10.1. The Bertz CT molecular complexity index is 529. The molecule has 2 heterocycles. The fourth-order valence-corrected chi connectivity index (χ4v) is 2.78. The molecule has 3 rings (SSSR count). The average molecular weight is 308 g/mol. The summed E-state index contributed by atoms with van der Waals surface area (Å²) in [6.45, 7) is 3.74. The first-order chi connectivity index (χ1) is 10.5. The van der Waals surface area contributed by atoms with E-state index in [1.54, 1.807) is 31.4 Å². The Labute approximate surface area is 129 Å². The highest BCUT2D eigenvalue weighted by molar-refractivity contribution is 5.89. The fraction of sp³-hybridized carbons (Fsp3) is 0.562. The Kier molecular flexibility index (Phi) is 4.18. The van der Waals surface area contributed by atoms with Crippen LogP contribution in [0.15, 0.2) is 30.3 Å². The van der Waals surface area contributed by atoms with E-state index in [1.165, 1.54) is 0 Å². The molecule has 2 aliphatic heterocycles. The SMILES string of the molecule is CO[C@@H]1[C@@H]2OC(C)(C)O[C@H]2O[C@H]1COC(=O)c1ccccc1. The van der Waals surface area contributed by atoms with E-state index < -0.39 is 24.2 Å². The van der Waals surface area contributed by atoms with Gasteiger partial charge in [0.2, 0.25) is 0 Å². The van der Waals surface area contributed by atoms with Crippen molar-refractivity contribution in [2.24, 2.45) is 0 Å². The lowest BCUT2D eigenvalue weighted by Crippen LogP contribution is -2.38. The first-order valence-electron chi connectivity index (χ1n) is 7.26. The molecule has 6 nitrogen and oxygen atoms in total. The molecule has 1 aromatic carbocycles. The molecule has 6 heteroatoms. The molecule has 0 radical (unpaired) electrons. The highest BCUT2D eigenvalue weighted by Gasteiger charge is 2.55. The number of rotatable bonds is 4. The van der Waals surface area contributed by atoms with Crippen LogP contribution >= 0.6 is 0 Å². The third-order valence-electron chi connectivity index (χ3n) is 3.75. The molecule has 0 N–H and O–H groups in total. The van der Waals surface area contributed by atoms with Gasteiger partial charge in [-0.15, -0.1) is 0 Å². The van der Waals surface area contributed by atoms with Gasteiger partial charge in [0.1, 0.15) is 24.9 Å². The molecular formula is C16H20O6. The number of benzene rings is 1. The lowest BCUT2D eigenvalue weighted by molar-refractivity contribution is -0.220. The lowest BCUT2D eigenvalue weighted by Gasteiger charge is -2.24. The summed E-state index contributed by atoms with van der Waals surface area (Å²) in [5.41, 5.74) is 0.503. The number of ether oxygens (including phenoxy) is 5. The molecule has 120 valence electrons. The van der Waals surface area contributed by atoms with E-state index in [1.807, 2.05) is 19.9 Å². The average Bonchev–Trinajstić information content (AvgIpc) is 2.96. The van der Waals surface area contributed by atoms with Crippen molar-refractivity contribution < 1.29 is 28.5 Å². The minimum atomic E-state index is -0.697. The van der Waals surface area contributed by atoms with E-state index in [4.69, 9.17) is 23.7 Å². The molecule has 0 aliphatic carbocycles. The Hall–Kier alpha value is -1.47. The molecular weight excluding hydrogens is 288 g/mol. The predicted octanol–water partition coefficient (Wildman–Crippen LogP) is 1.73. The number of carbonyl (C=O) groups excluding carboxylic acids is 1. The number of methoxy groups -OCH3 is 1. The zero-order chi connectivity index (χ0) is 15.7. The molecule has 2 fully saturated rings. The van der Waals surface area contributed by atoms with Crippen LogP contribution in [0, 0.1) is 0 Å². The van der Waals surface area contributed by atoms with Gasteiger partial charge in [0.05, 0.1) is 5.56 Å². The van der Waals surface area contributed by atoms with E-state index in [0.717, 1.165) is 0 Å². The first-order valence-corrected chi connectivity index (χ1v) is 7.26. The smallest absolute Gasteiger partial charge is 0.338 e. The fourth-order valence-electron chi connectivity index (χ4n) is 2.78. The normalized spacial score (nSPS) is 32.7. The maximum Gasteiger partial charge on any atom is 0.338 e. The van der Waals surface area contributed by atoms with Gasteiger partial charge in [-0.2, -0.15) is 0 Å². The number of esters is 1. The molecule has 0 bridgehead atoms. The first kappa shape index (κ1) is 15.4. The van der Waals surface area contributed by atoms with Crippen LogP contribution in [0.25, 0.3) is 0 Å². The van der Waals surface area contributed by atoms with Crippen LogP contribution in [-0.4, -0.2) is 50.1 Å². The second kappa shape index (κ2) is 5.96. The zero-order valence-electron chi connectivity index (χ0n) is 12.9. The Morgan fingerprint density at radius 1 is 1.23 bits per heavy atom. The second-order valence-corrected chi connectivity index (χ2v) is 5.81. The number of hydrogen-bond acceptors (Lipinski definition) is 6. The molecule has 0 aromatic heterocycles. The van der Waals surface area contributed by atoms with Crippen LogP contribution in [0.5, 0.6) is 0 Å². The van der Waals surface area contributed by atoms with Gasteiger partial charge < -0.3 is 23.7 Å². The minimum Gasteiger partial charge on any atom is -0.459 e. The summed E-state index contributed by atoms with van der Waals surface area (Å²) in [7, 11) is 1.58. The van der Waals surface area contributed by atoms with Crippen molar-refractivity contribution in [2.75, 3.05) is 13.7 Å². The molecule has 0 spiro atoms. The van der Waals surface area contributed by atoms with Crippen LogP contribution in [0.1, 0.15) is 24.2 Å². The van der Waals surface area contributed by atoms with Gasteiger partial charge in [-0.25, -0.2) is 4.79 Å². The number of hydrogen-bond donors (Lipinski definition) is 0. The van der Waals surface area contributed by atoms with E-state index in [0.29, 0.717) is 5.56 Å². The number of fused-ring (bicyclic) bond motifs is 1. The summed E-state index contributed by atoms with van der Waals surface area (Å²) in [6.07, 6.45) is -1.57. The van der Waals surface area contributed by atoms with Gasteiger partial charge in [0.15, 0.2) is 12.1 Å². The Balaban J connectivity index is 1.59. The molecule has 0 unspecified atom stereocenters. The van der Waals surface area contributed by atoms with Crippen molar-refractivity contribution in [1.29, 1.82) is 0 Å². The van der Waals surface area contributed by atoms with Crippen molar-refractivity contribution in [3.05, 3.63) is 35.9 Å². The summed E-state index contributed by atoms with van der Waals surface area (Å²) in [5.74, 6) is -1.09. The van der Waals surface area contributed by atoms with Crippen LogP contribution in [0.3, 0.4) is 0 Å². The van der Waals surface area contributed by atoms with Gasteiger partial charge >= 0.3 is 5.97 Å². The summed E-state index contributed by atoms with van der Waals surface area (Å²) in [5, 5.41) is 0. The highest BCUT2D eigenvalue weighted by Crippen LogP contribution is 2.38. The molecule has 4 atom stereocenters. The second-order valence-electron chi connectivity index (χ2n) is 5.81. The third kappa shape index (κ3) is 3.01. The van der Waals surface area contributed by atoms with Crippen molar-refractivity contribution in [3.63, 3.8) is 0 Å². The monoisotopic (exact) mass is 308 g/mol. The van der Waals surface area contributed by atoms with Gasteiger partial charge in [-0.3, -0.25) is 0 Å². The molecule has 22 heavy (non-hydrogen) atoms. The van der Waals surface area contributed by atoms with Crippen molar-refractivity contribution in [1.82, 2.24) is 0 Å². The molecule has 2 saturated heterocycles.